The lowest BCUT2D eigenvalue weighted by Crippen LogP contribution is -2.56. The van der Waals surface area contributed by atoms with Crippen LogP contribution in [0.25, 0.3) is 11.3 Å². The molecule has 0 spiro atoms. The number of oxazole rings is 1. The minimum atomic E-state index is 0.431. The SMILES string of the molecule is CCNC(=NCc1ncc(-c2ccc(C)cc2)o1)NC1CC2CCCC(C1)N2C. The first-order valence-corrected chi connectivity index (χ1v) is 10.9. The molecule has 6 nitrogen and oxygen atoms in total. The number of nitrogens with zero attached hydrogens (tertiary/aromatic N) is 3. The van der Waals surface area contributed by atoms with E-state index in [9.17, 15) is 0 Å². The Hall–Kier alpha value is -2.34. The number of aromatic nitrogens is 1. The van der Waals surface area contributed by atoms with E-state index in [-0.39, 0.29) is 0 Å². The van der Waals surface area contributed by atoms with Gasteiger partial charge in [-0.2, -0.15) is 0 Å². The van der Waals surface area contributed by atoms with E-state index in [1.807, 2.05) is 0 Å². The molecule has 2 aliphatic heterocycles. The fraction of sp³-hybridized carbons (Fsp3) is 0.565. The first-order chi connectivity index (χ1) is 14.1. The number of aliphatic imine (C=N–C) groups is 1. The van der Waals surface area contributed by atoms with Crippen molar-refractivity contribution in [2.24, 2.45) is 4.99 Å². The Morgan fingerprint density at radius 2 is 1.93 bits per heavy atom. The number of hydrogen-bond acceptors (Lipinski definition) is 4. The van der Waals surface area contributed by atoms with Crippen LogP contribution in [0, 0.1) is 6.92 Å². The molecule has 0 radical (unpaired) electrons. The average Bonchev–Trinajstić information content (AvgIpc) is 3.17. The van der Waals surface area contributed by atoms with Crippen molar-refractivity contribution in [1.82, 2.24) is 20.5 Å². The Balaban J connectivity index is 1.39. The quantitative estimate of drug-likeness (QED) is 0.597. The highest BCUT2D eigenvalue weighted by molar-refractivity contribution is 5.80. The summed E-state index contributed by atoms with van der Waals surface area (Å²) in [5.41, 5.74) is 2.28. The van der Waals surface area contributed by atoms with Gasteiger partial charge in [-0.3, -0.25) is 0 Å². The van der Waals surface area contributed by atoms with Crippen LogP contribution < -0.4 is 10.6 Å². The zero-order chi connectivity index (χ0) is 20.2. The minimum absolute atomic E-state index is 0.431. The van der Waals surface area contributed by atoms with Crippen molar-refractivity contribution in [3.05, 3.63) is 41.9 Å². The molecule has 2 atom stereocenters. The average molecular weight is 396 g/mol. The molecule has 1 aromatic carbocycles. The molecular weight excluding hydrogens is 362 g/mol. The van der Waals surface area contributed by atoms with Gasteiger partial charge in [0.2, 0.25) is 5.89 Å². The van der Waals surface area contributed by atoms with Gasteiger partial charge in [0.15, 0.2) is 11.7 Å². The van der Waals surface area contributed by atoms with Crippen molar-refractivity contribution < 1.29 is 4.42 Å². The van der Waals surface area contributed by atoms with Crippen LogP contribution in [0.4, 0.5) is 0 Å². The summed E-state index contributed by atoms with van der Waals surface area (Å²) in [5, 5.41) is 7.04. The number of aryl methyl sites for hydroxylation is 1. The molecule has 2 aliphatic rings. The molecule has 2 aromatic rings. The predicted octanol–water partition coefficient (Wildman–Crippen LogP) is 3.72. The van der Waals surface area contributed by atoms with Crippen molar-refractivity contribution >= 4 is 5.96 Å². The van der Waals surface area contributed by atoms with Crippen LogP contribution in [-0.2, 0) is 6.54 Å². The standard InChI is InChI=1S/C23H33N5O/c1-4-24-23(27-18-12-19-6-5-7-20(13-18)28(19)3)26-15-22-25-14-21(29-22)17-10-8-16(2)9-11-17/h8-11,14,18-20H,4-7,12-13,15H2,1-3H3,(H2,24,26,27). The molecule has 29 heavy (non-hydrogen) atoms. The smallest absolute Gasteiger partial charge is 0.216 e. The van der Waals surface area contributed by atoms with Gasteiger partial charge < -0.3 is 20.0 Å². The Morgan fingerprint density at radius 1 is 1.21 bits per heavy atom. The van der Waals surface area contributed by atoms with Gasteiger partial charge in [-0.1, -0.05) is 36.2 Å². The number of fused-ring (bicyclic) bond motifs is 2. The molecule has 0 amide bonds. The molecule has 2 unspecified atom stereocenters. The third-order valence-electron chi connectivity index (χ3n) is 6.29. The molecule has 2 bridgehead atoms. The fourth-order valence-corrected chi connectivity index (χ4v) is 4.63. The van der Waals surface area contributed by atoms with Gasteiger partial charge in [0.25, 0.3) is 0 Å². The monoisotopic (exact) mass is 395 g/mol. The van der Waals surface area contributed by atoms with E-state index in [1.54, 1.807) is 6.20 Å². The normalized spacial score (nSPS) is 25.1. The zero-order valence-electron chi connectivity index (χ0n) is 17.8. The van der Waals surface area contributed by atoms with Gasteiger partial charge in [0, 0.05) is 30.2 Å². The summed E-state index contributed by atoms with van der Waals surface area (Å²) in [5.74, 6) is 2.28. The number of benzene rings is 1. The van der Waals surface area contributed by atoms with E-state index in [4.69, 9.17) is 9.41 Å². The molecule has 2 fully saturated rings. The highest BCUT2D eigenvalue weighted by Crippen LogP contribution is 2.32. The number of nitrogens with one attached hydrogen (secondary N) is 2. The molecule has 0 aliphatic carbocycles. The molecule has 4 rings (SSSR count). The van der Waals surface area contributed by atoms with Crippen molar-refractivity contribution in [3.63, 3.8) is 0 Å². The van der Waals surface area contributed by atoms with E-state index in [0.29, 0.717) is 30.6 Å². The molecular formula is C23H33N5O. The maximum Gasteiger partial charge on any atom is 0.216 e. The topological polar surface area (TPSA) is 65.7 Å². The van der Waals surface area contributed by atoms with Crippen LogP contribution in [0.15, 0.2) is 39.9 Å². The second kappa shape index (κ2) is 8.99. The Kier molecular flexibility index (Phi) is 6.19. The summed E-state index contributed by atoms with van der Waals surface area (Å²) in [6, 6.07) is 10.2. The van der Waals surface area contributed by atoms with E-state index in [0.717, 1.165) is 23.8 Å². The molecule has 1 aromatic heterocycles. The third-order valence-corrected chi connectivity index (χ3v) is 6.29. The van der Waals surface area contributed by atoms with Gasteiger partial charge in [0.05, 0.1) is 6.20 Å². The molecule has 2 N–H and O–H groups in total. The lowest BCUT2D eigenvalue weighted by molar-refractivity contribution is 0.0526. The van der Waals surface area contributed by atoms with Crippen molar-refractivity contribution in [2.75, 3.05) is 13.6 Å². The summed E-state index contributed by atoms with van der Waals surface area (Å²) in [6.45, 7) is 5.45. The summed E-state index contributed by atoms with van der Waals surface area (Å²) < 4.78 is 5.92. The van der Waals surface area contributed by atoms with Gasteiger partial charge >= 0.3 is 0 Å². The Morgan fingerprint density at radius 3 is 2.62 bits per heavy atom. The molecule has 2 saturated heterocycles. The van der Waals surface area contributed by atoms with Crippen LogP contribution in [0.5, 0.6) is 0 Å². The van der Waals surface area contributed by atoms with E-state index >= 15 is 0 Å². The number of rotatable bonds is 5. The number of hydrogen-bond donors (Lipinski definition) is 2. The van der Waals surface area contributed by atoms with Gasteiger partial charge in [0.1, 0.15) is 6.54 Å². The zero-order valence-corrected chi connectivity index (χ0v) is 17.8. The lowest BCUT2D eigenvalue weighted by atomic mass is 9.82. The number of guanidine groups is 1. The number of piperidine rings is 2. The fourth-order valence-electron chi connectivity index (χ4n) is 4.63. The minimum Gasteiger partial charge on any atom is -0.439 e. The van der Waals surface area contributed by atoms with Crippen molar-refractivity contribution in [1.29, 1.82) is 0 Å². The van der Waals surface area contributed by atoms with Crippen LogP contribution in [0.2, 0.25) is 0 Å². The third kappa shape index (κ3) is 4.81. The Labute approximate surface area is 173 Å². The maximum atomic E-state index is 5.92. The summed E-state index contributed by atoms with van der Waals surface area (Å²) in [6.07, 6.45) is 8.16. The molecule has 156 valence electrons. The molecule has 0 saturated carbocycles. The molecule has 3 heterocycles. The van der Waals surface area contributed by atoms with Crippen molar-refractivity contribution in [3.8, 4) is 11.3 Å². The predicted molar refractivity (Wildman–Crippen MR) is 117 cm³/mol. The Bertz CT molecular complexity index is 814. The first kappa shape index (κ1) is 20.0. The van der Waals surface area contributed by atoms with E-state index < -0.39 is 0 Å². The van der Waals surface area contributed by atoms with Gasteiger partial charge in [-0.25, -0.2) is 9.98 Å². The summed E-state index contributed by atoms with van der Waals surface area (Å²) >= 11 is 0. The summed E-state index contributed by atoms with van der Waals surface area (Å²) in [4.78, 5) is 11.7. The van der Waals surface area contributed by atoms with E-state index in [1.165, 1.54) is 37.7 Å². The van der Waals surface area contributed by atoms with Crippen molar-refractivity contribution in [2.45, 2.75) is 70.6 Å². The van der Waals surface area contributed by atoms with Crippen LogP contribution >= 0.6 is 0 Å². The van der Waals surface area contributed by atoms with Crippen LogP contribution in [0.1, 0.15) is 50.5 Å². The van der Waals surface area contributed by atoms with Crippen LogP contribution in [-0.4, -0.2) is 47.6 Å². The lowest BCUT2D eigenvalue weighted by Gasteiger charge is -2.47. The second-order valence-corrected chi connectivity index (χ2v) is 8.40. The highest BCUT2D eigenvalue weighted by atomic mass is 16.4. The van der Waals surface area contributed by atoms with Gasteiger partial charge in [-0.15, -0.1) is 0 Å². The second-order valence-electron chi connectivity index (χ2n) is 8.40. The highest BCUT2D eigenvalue weighted by Gasteiger charge is 2.36. The summed E-state index contributed by atoms with van der Waals surface area (Å²) in [7, 11) is 2.29. The molecule has 6 heteroatoms. The van der Waals surface area contributed by atoms with Crippen LogP contribution in [0.3, 0.4) is 0 Å². The largest absolute Gasteiger partial charge is 0.439 e. The van der Waals surface area contributed by atoms with E-state index in [2.05, 4.69) is 65.7 Å². The maximum absolute atomic E-state index is 5.92. The first-order valence-electron chi connectivity index (χ1n) is 10.9. The van der Waals surface area contributed by atoms with Gasteiger partial charge in [-0.05, 0) is 46.6 Å².